The summed E-state index contributed by atoms with van der Waals surface area (Å²) in [5, 5.41) is 6.30. The van der Waals surface area contributed by atoms with Crippen molar-refractivity contribution >= 4 is 5.91 Å². The maximum absolute atomic E-state index is 12.3. The van der Waals surface area contributed by atoms with Gasteiger partial charge in [-0.1, -0.05) is 0 Å². The van der Waals surface area contributed by atoms with Gasteiger partial charge >= 0.3 is 0 Å². The molecular weight excluding hydrogens is 316 g/mol. The molecule has 1 aromatic heterocycles. The number of piperidine rings is 1. The van der Waals surface area contributed by atoms with Crippen LogP contribution in [-0.2, 0) is 6.42 Å². The maximum atomic E-state index is 12.3. The van der Waals surface area contributed by atoms with Crippen molar-refractivity contribution in [3.63, 3.8) is 0 Å². The molecule has 6 nitrogen and oxygen atoms in total. The number of amides is 1. The number of carbonyl (C=O) groups is 1. The summed E-state index contributed by atoms with van der Waals surface area (Å²) in [4.78, 5) is 21.0. The fourth-order valence-electron chi connectivity index (χ4n) is 3.41. The third kappa shape index (κ3) is 3.49. The summed E-state index contributed by atoms with van der Waals surface area (Å²) in [7, 11) is 0. The van der Waals surface area contributed by atoms with E-state index in [9.17, 15) is 4.79 Å². The summed E-state index contributed by atoms with van der Waals surface area (Å²) >= 11 is 0. The van der Waals surface area contributed by atoms with Crippen molar-refractivity contribution in [1.29, 1.82) is 0 Å². The molecule has 0 aliphatic carbocycles. The molecule has 25 heavy (non-hydrogen) atoms. The lowest BCUT2D eigenvalue weighted by Crippen LogP contribution is -2.45. The Morgan fingerprint density at radius 2 is 2.24 bits per heavy atom. The van der Waals surface area contributed by atoms with E-state index in [4.69, 9.17) is 4.74 Å². The fourth-order valence-corrected chi connectivity index (χ4v) is 3.41. The third-order valence-electron chi connectivity index (χ3n) is 4.71. The lowest BCUT2D eigenvalue weighted by Gasteiger charge is -2.23. The van der Waals surface area contributed by atoms with Crippen molar-refractivity contribution in [1.82, 2.24) is 20.6 Å². The second-order valence-corrected chi connectivity index (χ2v) is 6.76. The highest BCUT2D eigenvalue weighted by molar-refractivity contribution is 5.92. The number of nitrogens with one attached hydrogen (secondary N) is 2. The lowest BCUT2D eigenvalue weighted by molar-refractivity contribution is 0.0925. The molecule has 1 aromatic carbocycles. The van der Waals surface area contributed by atoms with Gasteiger partial charge in [0.05, 0.1) is 18.1 Å². The van der Waals surface area contributed by atoms with Crippen molar-refractivity contribution < 1.29 is 9.53 Å². The molecule has 2 atom stereocenters. The topological polar surface area (TPSA) is 76.1 Å². The van der Waals surface area contributed by atoms with Crippen LogP contribution in [0.3, 0.4) is 0 Å². The van der Waals surface area contributed by atoms with Crippen molar-refractivity contribution in [3.8, 4) is 17.0 Å². The Kier molecular flexibility index (Phi) is 4.36. The number of benzene rings is 1. The summed E-state index contributed by atoms with van der Waals surface area (Å²) < 4.78 is 5.73. The molecule has 1 saturated heterocycles. The summed E-state index contributed by atoms with van der Waals surface area (Å²) in [6, 6.07) is 6.22. The van der Waals surface area contributed by atoms with Crippen LogP contribution in [0.5, 0.6) is 5.75 Å². The van der Waals surface area contributed by atoms with Crippen LogP contribution in [0.1, 0.15) is 35.8 Å². The van der Waals surface area contributed by atoms with E-state index in [2.05, 4.69) is 33.6 Å². The van der Waals surface area contributed by atoms with Crippen LogP contribution >= 0.6 is 0 Å². The van der Waals surface area contributed by atoms with Crippen LogP contribution in [0.2, 0.25) is 0 Å². The third-order valence-corrected chi connectivity index (χ3v) is 4.71. The van der Waals surface area contributed by atoms with Gasteiger partial charge in [-0.2, -0.15) is 0 Å². The number of aromatic nitrogens is 2. The number of hydrogen-bond donors (Lipinski definition) is 2. The quantitative estimate of drug-likeness (QED) is 0.895. The normalized spacial score (nSPS) is 22.1. The van der Waals surface area contributed by atoms with Crippen molar-refractivity contribution in [2.45, 2.75) is 38.3 Å². The first kappa shape index (κ1) is 16.0. The average Bonchev–Trinajstić information content (AvgIpc) is 3.02. The van der Waals surface area contributed by atoms with E-state index in [0.717, 1.165) is 49.4 Å². The molecule has 3 heterocycles. The molecule has 0 radical (unpaired) electrons. The molecule has 2 aliphatic heterocycles. The van der Waals surface area contributed by atoms with Crippen LogP contribution in [-0.4, -0.2) is 41.1 Å². The SMILES string of the molecule is CC1Cc2cc(-c3cnc(C(=O)NC4CCCNC4)cn3)ccc2O1. The molecule has 0 bridgehead atoms. The molecule has 0 saturated carbocycles. The molecule has 1 fully saturated rings. The molecule has 1 amide bonds. The van der Waals surface area contributed by atoms with E-state index >= 15 is 0 Å². The largest absolute Gasteiger partial charge is 0.490 e. The predicted molar refractivity (Wildman–Crippen MR) is 94.6 cm³/mol. The molecule has 2 aliphatic rings. The fraction of sp³-hybridized carbons (Fsp3) is 0.421. The van der Waals surface area contributed by atoms with E-state index < -0.39 is 0 Å². The summed E-state index contributed by atoms with van der Waals surface area (Å²) in [6.07, 6.45) is 6.42. The zero-order chi connectivity index (χ0) is 17.2. The van der Waals surface area contributed by atoms with Gasteiger partial charge in [0.1, 0.15) is 17.5 Å². The minimum Gasteiger partial charge on any atom is -0.490 e. The first-order valence-corrected chi connectivity index (χ1v) is 8.82. The van der Waals surface area contributed by atoms with E-state index in [-0.39, 0.29) is 18.1 Å². The lowest BCUT2D eigenvalue weighted by atomic mass is 10.1. The van der Waals surface area contributed by atoms with Crippen molar-refractivity contribution in [2.75, 3.05) is 13.1 Å². The molecular formula is C19H22N4O2. The highest BCUT2D eigenvalue weighted by atomic mass is 16.5. The Labute approximate surface area is 147 Å². The summed E-state index contributed by atoms with van der Waals surface area (Å²) in [5.74, 6) is 0.783. The van der Waals surface area contributed by atoms with Gasteiger partial charge < -0.3 is 15.4 Å². The highest BCUT2D eigenvalue weighted by Gasteiger charge is 2.20. The predicted octanol–water partition coefficient (Wildman–Crippen LogP) is 1.95. The Morgan fingerprint density at radius 1 is 1.32 bits per heavy atom. The number of fused-ring (bicyclic) bond motifs is 1. The molecule has 2 unspecified atom stereocenters. The number of rotatable bonds is 3. The minimum absolute atomic E-state index is 0.163. The summed E-state index contributed by atoms with van der Waals surface area (Å²) in [6.45, 7) is 3.90. The Hall–Kier alpha value is -2.47. The molecule has 2 aromatic rings. The molecule has 130 valence electrons. The van der Waals surface area contributed by atoms with Crippen LogP contribution in [0.25, 0.3) is 11.3 Å². The number of nitrogens with zero attached hydrogens (tertiary/aromatic N) is 2. The van der Waals surface area contributed by atoms with Crippen molar-refractivity contribution in [3.05, 3.63) is 41.9 Å². The van der Waals surface area contributed by atoms with Crippen LogP contribution in [0.4, 0.5) is 0 Å². The minimum atomic E-state index is -0.163. The summed E-state index contributed by atoms with van der Waals surface area (Å²) in [5.41, 5.74) is 3.30. The average molecular weight is 338 g/mol. The zero-order valence-corrected chi connectivity index (χ0v) is 14.3. The smallest absolute Gasteiger partial charge is 0.271 e. The van der Waals surface area contributed by atoms with E-state index in [1.165, 1.54) is 5.56 Å². The van der Waals surface area contributed by atoms with Gasteiger partial charge in [-0.15, -0.1) is 0 Å². The van der Waals surface area contributed by atoms with E-state index in [1.807, 2.05) is 12.1 Å². The van der Waals surface area contributed by atoms with Gasteiger partial charge in [0.25, 0.3) is 5.91 Å². The van der Waals surface area contributed by atoms with E-state index in [1.54, 1.807) is 12.4 Å². The Morgan fingerprint density at radius 3 is 3.00 bits per heavy atom. The van der Waals surface area contributed by atoms with Crippen LogP contribution in [0.15, 0.2) is 30.6 Å². The van der Waals surface area contributed by atoms with Crippen LogP contribution < -0.4 is 15.4 Å². The number of carbonyl (C=O) groups excluding carboxylic acids is 1. The van der Waals surface area contributed by atoms with Gasteiger partial charge in [-0.3, -0.25) is 9.78 Å². The van der Waals surface area contributed by atoms with Gasteiger partial charge in [0, 0.05) is 24.6 Å². The van der Waals surface area contributed by atoms with E-state index in [0.29, 0.717) is 5.69 Å². The zero-order valence-electron chi connectivity index (χ0n) is 14.3. The monoisotopic (exact) mass is 338 g/mol. The Balaban J connectivity index is 1.46. The van der Waals surface area contributed by atoms with Gasteiger partial charge in [-0.25, -0.2) is 4.98 Å². The standard InChI is InChI=1S/C19H22N4O2/c1-12-7-14-8-13(4-5-18(14)25-12)16-10-22-17(11-21-16)19(24)23-15-3-2-6-20-9-15/h4-5,8,10-12,15,20H,2-3,6-7,9H2,1H3,(H,23,24). The first-order chi connectivity index (χ1) is 12.2. The second kappa shape index (κ2) is 6.80. The second-order valence-electron chi connectivity index (χ2n) is 6.76. The van der Waals surface area contributed by atoms with Gasteiger partial charge in [0.2, 0.25) is 0 Å². The van der Waals surface area contributed by atoms with Crippen LogP contribution in [0, 0.1) is 0 Å². The highest BCUT2D eigenvalue weighted by Crippen LogP contribution is 2.32. The Bertz CT molecular complexity index is 769. The van der Waals surface area contributed by atoms with Gasteiger partial charge in [0.15, 0.2) is 0 Å². The first-order valence-electron chi connectivity index (χ1n) is 8.82. The van der Waals surface area contributed by atoms with Crippen molar-refractivity contribution in [2.24, 2.45) is 0 Å². The molecule has 2 N–H and O–H groups in total. The number of ether oxygens (including phenoxy) is 1. The molecule has 0 spiro atoms. The maximum Gasteiger partial charge on any atom is 0.271 e. The van der Waals surface area contributed by atoms with Gasteiger partial charge in [-0.05, 0) is 50.1 Å². The molecule has 6 heteroatoms. The number of hydrogen-bond acceptors (Lipinski definition) is 5. The molecule has 4 rings (SSSR count).